The van der Waals surface area contributed by atoms with Crippen molar-refractivity contribution in [1.29, 1.82) is 0 Å². The molecule has 1 saturated heterocycles. The van der Waals surface area contributed by atoms with Crippen LogP contribution in [0.15, 0.2) is 95.9 Å². The van der Waals surface area contributed by atoms with Crippen molar-refractivity contribution >= 4 is 10.0 Å². The first-order chi connectivity index (χ1) is 19.0. The van der Waals surface area contributed by atoms with Crippen LogP contribution in [0, 0.1) is 0 Å². The lowest BCUT2D eigenvalue weighted by Gasteiger charge is -2.30. The maximum atomic E-state index is 13.5. The number of sulfonamides is 1. The van der Waals surface area contributed by atoms with Gasteiger partial charge in [-0.05, 0) is 60.8 Å². The Morgan fingerprint density at radius 3 is 2.41 bits per heavy atom. The molecule has 6 nitrogen and oxygen atoms in total. The van der Waals surface area contributed by atoms with Gasteiger partial charge < -0.3 is 9.72 Å². The predicted molar refractivity (Wildman–Crippen MR) is 156 cm³/mol. The Balaban J connectivity index is 1.39. The fourth-order valence-corrected chi connectivity index (χ4v) is 6.67. The zero-order chi connectivity index (χ0) is 27.2. The molecule has 0 amide bonds. The molecule has 0 radical (unpaired) electrons. The van der Waals surface area contributed by atoms with Crippen LogP contribution in [0.2, 0.25) is 0 Å². The van der Waals surface area contributed by atoms with E-state index in [4.69, 9.17) is 4.74 Å². The molecule has 0 unspecified atom stereocenters. The van der Waals surface area contributed by atoms with Gasteiger partial charge in [0.15, 0.2) is 0 Å². The van der Waals surface area contributed by atoms with Crippen LogP contribution in [-0.2, 0) is 23.1 Å². The molecule has 0 bridgehead atoms. The van der Waals surface area contributed by atoms with E-state index in [1.165, 1.54) is 29.1 Å². The van der Waals surface area contributed by atoms with E-state index in [2.05, 4.69) is 46.3 Å². The average molecular weight is 544 g/mol. The number of aromatic nitrogens is 1. The van der Waals surface area contributed by atoms with E-state index in [1.54, 1.807) is 32.4 Å². The van der Waals surface area contributed by atoms with E-state index in [9.17, 15) is 8.42 Å². The van der Waals surface area contributed by atoms with E-state index in [0.29, 0.717) is 18.3 Å². The molecule has 1 aliphatic rings. The number of H-pyrrole nitrogens is 1. The molecule has 2 heterocycles. The standard InChI is InChI=1S/C32H37N3O3S/c1-34(23-25-12-6-3-7-13-25)39(36,37)28-18-20-32(38-2)29(22-28)30-19-17-27(33-30)24-35-21-11-5-10-16-31(35)26-14-8-4-9-15-26/h3-4,6-9,12-15,17-20,22,31,33H,5,10-11,16,21,23-24H2,1-2H3/t31-/m1/s1. The molecule has 1 aliphatic heterocycles. The van der Waals surface area contributed by atoms with Crippen LogP contribution in [0.3, 0.4) is 0 Å². The SMILES string of the molecule is COc1ccc(S(=O)(=O)N(C)Cc2ccccc2)cc1-c1ccc(CN2CCCCC[C@@H]2c2ccccc2)[nH]1. The van der Waals surface area contributed by atoms with Gasteiger partial charge in [0.1, 0.15) is 5.75 Å². The number of hydrogen-bond acceptors (Lipinski definition) is 4. The largest absolute Gasteiger partial charge is 0.496 e. The lowest BCUT2D eigenvalue weighted by Crippen LogP contribution is -2.28. The Bertz CT molecular complexity index is 1470. The van der Waals surface area contributed by atoms with Gasteiger partial charge in [-0.3, -0.25) is 4.90 Å². The van der Waals surface area contributed by atoms with Crippen molar-refractivity contribution in [3.63, 3.8) is 0 Å². The van der Waals surface area contributed by atoms with Crippen molar-refractivity contribution < 1.29 is 13.2 Å². The fraction of sp³-hybridized carbons (Fsp3) is 0.312. The molecule has 39 heavy (non-hydrogen) atoms. The number of rotatable bonds is 9. The Labute approximate surface area is 232 Å². The summed E-state index contributed by atoms with van der Waals surface area (Å²) in [4.78, 5) is 6.37. The molecule has 3 aromatic carbocycles. The van der Waals surface area contributed by atoms with Gasteiger partial charge in [0.2, 0.25) is 10.0 Å². The number of nitrogens with one attached hydrogen (secondary N) is 1. The quantitative estimate of drug-likeness (QED) is 0.257. The molecule has 7 heteroatoms. The van der Waals surface area contributed by atoms with Gasteiger partial charge in [-0.25, -0.2) is 8.42 Å². The van der Waals surface area contributed by atoms with Gasteiger partial charge in [-0.1, -0.05) is 73.5 Å². The Kier molecular flexibility index (Phi) is 8.50. The molecule has 0 aliphatic carbocycles. The van der Waals surface area contributed by atoms with E-state index in [0.717, 1.165) is 42.0 Å². The van der Waals surface area contributed by atoms with Crippen LogP contribution in [0.1, 0.15) is 48.5 Å². The van der Waals surface area contributed by atoms with Crippen molar-refractivity contribution in [3.05, 3.63) is 108 Å². The number of likely N-dealkylation sites (tertiary alicyclic amines) is 1. The molecular weight excluding hydrogens is 506 g/mol. The summed E-state index contributed by atoms with van der Waals surface area (Å²) in [5.41, 5.74) is 4.98. The van der Waals surface area contributed by atoms with Crippen LogP contribution in [0.5, 0.6) is 5.75 Å². The Morgan fingerprint density at radius 1 is 0.923 bits per heavy atom. The Hall–Kier alpha value is -3.39. The van der Waals surface area contributed by atoms with Gasteiger partial charge in [0.25, 0.3) is 0 Å². The lowest BCUT2D eigenvalue weighted by molar-refractivity contribution is 0.190. The van der Waals surface area contributed by atoms with Crippen molar-refractivity contribution in [2.24, 2.45) is 0 Å². The third kappa shape index (κ3) is 6.27. The number of nitrogens with zero attached hydrogens (tertiary/aromatic N) is 2. The summed E-state index contributed by atoms with van der Waals surface area (Å²) >= 11 is 0. The molecule has 4 aromatic rings. The summed E-state index contributed by atoms with van der Waals surface area (Å²) in [6.45, 7) is 2.16. The van der Waals surface area contributed by atoms with Crippen LogP contribution in [0.25, 0.3) is 11.3 Å². The number of ether oxygens (including phenoxy) is 1. The molecule has 1 fully saturated rings. The smallest absolute Gasteiger partial charge is 0.243 e. The summed E-state index contributed by atoms with van der Waals surface area (Å²) in [5, 5.41) is 0. The zero-order valence-corrected chi connectivity index (χ0v) is 23.5. The number of hydrogen-bond donors (Lipinski definition) is 1. The maximum absolute atomic E-state index is 13.5. The molecule has 1 atom stereocenters. The second-order valence-corrected chi connectivity index (χ2v) is 12.3. The lowest BCUT2D eigenvalue weighted by atomic mass is 10.0. The summed E-state index contributed by atoms with van der Waals surface area (Å²) in [6.07, 6.45) is 4.85. The average Bonchev–Trinajstić information content (AvgIpc) is 3.31. The van der Waals surface area contributed by atoms with Crippen molar-refractivity contribution in [1.82, 2.24) is 14.2 Å². The molecule has 0 spiro atoms. The maximum Gasteiger partial charge on any atom is 0.243 e. The first-order valence-electron chi connectivity index (χ1n) is 13.6. The molecule has 1 N–H and O–H groups in total. The molecule has 1 aromatic heterocycles. The van der Waals surface area contributed by atoms with E-state index in [-0.39, 0.29) is 4.90 Å². The van der Waals surface area contributed by atoms with Crippen LogP contribution >= 0.6 is 0 Å². The summed E-state index contributed by atoms with van der Waals surface area (Å²) in [6, 6.07) is 30.0. The Morgan fingerprint density at radius 2 is 1.67 bits per heavy atom. The second kappa shape index (κ2) is 12.2. The van der Waals surface area contributed by atoms with Gasteiger partial charge in [-0.15, -0.1) is 0 Å². The molecule has 5 rings (SSSR count). The van der Waals surface area contributed by atoms with E-state index >= 15 is 0 Å². The number of aromatic amines is 1. The minimum atomic E-state index is -3.69. The third-order valence-electron chi connectivity index (χ3n) is 7.59. The third-order valence-corrected chi connectivity index (χ3v) is 9.38. The summed E-state index contributed by atoms with van der Waals surface area (Å²) < 4.78 is 33.9. The fourth-order valence-electron chi connectivity index (χ4n) is 5.48. The summed E-state index contributed by atoms with van der Waals surface area (Å²) in [7, 11) is -0.469. The summed E-state index contributed by atoms with van der Waals surface area (Å²) in [5.74, 6) is 0.630. The van der Waals surface area contributed by atoms with Crippen LogP contribution < -0.4 is 4.74 Å². The predicted octanol–water partition coefficient (Wildman–Crippen LogP) is 6.63. The highest BCUT2D eigenvalue weighted by molar-refractivity contribution is 7.89. The van der Waals surface area contributed by atoms with Crippen molar-refractivity contribution in [2.45, 2.75) is 49.7 Å². The minimum absolute atomic E-state index is 0.240. The van der Waals surface area contributed by atoms with Crippen molar-refractivity contribution in [2.75, 3.05) is 20.7 Å². The van der Waals surface area contributed by atoms with Gasteiger partial charge in [0.05, 0.1) is 12.0 Å². The first-order valence-corrected chi connectivity index (χ1v) is 15.1. The van der Waals surface area contributed by atoms with Crippen LogP contribution in [-0.4, -0.2) is 43.3 Å². The highest BCUT2D eigenvalue weighted by atomic mass is 32.2. The van der Waals surface area contributed by atoms with Crippen LogP contribution in [0.4, 0.5) is 0 Å². The van der Waals surface area contributed by atoms with E-state index in [1.807, 2.05) is 36.4 Å². The monoisotopic (exact) mass is 543 g/mol. The van der Waals surface area contributed by atoms with E-state index < -0.39 is 10.0 Å². The van der Waals surface area contributed by atoms with Gasteiger partial charge in [0, 0.05) is 43.1 Å². The topological polar surface area (TPSA) is 65.6 Å². The highest BCUT2D eigenvalue weighted by Crippen LogP contribution is 2.35. The molecular formula is C32H37N3O3S. The highest BCUT2D eigenvalue weighted by Gasteiger charge is 2.25. The van der Waals surface area contributed by atoms with Crippen molar-refractivity contribution in [3.8, 4) is 17.0 Å². The first kappa shape index (κ1) is 27.2. The number of methoxy groups -OCH3 is 1. The second-order valence-electron chi connectivity index (χ2n) is 10.3. The van der Waals surface area contributed by atoms with Gasteiger partial charge >= 0.3 is 0 Å². The molecule has 0 saturated carbocycles. The van der Waals surface area contributed by atoms with Gasteiger partial charge in [-0.2, -0.15) is 4.31 Å². The normalized spacial score (nSPS) is 16.7. The number of benzene rings is 3. The molecule has 204 valence electrons. The minimum Gasteiger partial charge on any atom is -0.496 e. The zero-order valence-electron chi connectivity index (χ0n) is 22.7.